The van der Waals surface area contributed by atoms with Gasteiger partial charge in [-0.15, -0.1) is 0 Å². The lowest BCUT2D eigenvalue weighted by atomic mass is 9.88. The molecule has 0 aliphatic carbocycles. The number of nitro benzene ring substituents is 1. The molecule has 0 fully saturated rings. The van der Waals surface area contributed by atoms with Gasteiger partial charge < -0.3 is 9.88 Å². The van der Waals surface area contributed by atoms with Crippen LogP contribution in [0.25, 0.3) is 10.9 Å². The second kappa shape index (κ2) is 10.5. The minimum Gasteiger partial charge on any atom is -0.356 e. The monoisotopic (exact) mass is 473 g/mol. The molecule has 4 aromatic rings. The molecule has 4 rings (SSSR count). The molecule has 0 spiro atoms. The Balaban J connectivity index is 1.83. The number of halogens is 1. The quantitative estimate of drug-likeness (QED) is 0.238. The van der Waals surface area contributed by atoms with Gasteiger partial charge in [0.1, 0.15) is 5.82 Å². The van der Waals surface area contributed by atoms with Crippen molar-refractivity contribution in [3.05, 3.63) is 112 Å². The van der Waals surface area contributed by atoms with Crippen LogP contribution < -0.4 is 5.32 Å². The normalized spacial score (nSPS) is 12.1. The van der Waals surface area contributed by atoms with E-state index in [1.54, 1.807) is 24.3 Å². The van der Waals surface area contributed by atoms with E-state index in [0.29, 0.717) is 24.4 Å². The average molecular weight is 474 g/mol. The number of hydrogen-bond donors (Lipinski definition) is 1. The van der Waals surface area contributed by atoms with Crippen LogP contribution in [0.3, 0.4) is 0 Å². The number of carbonyl (C=O) groups excluding carboxylic acids is 1. The first-order valence-corrected chi connectivity index (χ1v) is 11.6. The zero-order valence-electron chi connectivity index (χ0n) is 19.8. The van der Waals surface area contributed by atoms with E-state index in [0.717, 1.165) is 22.2 Å². The van der Waals surface area contributed by atoms with Gasteiger partial charge in [0.05, 0.1) is 4.92 Å². The molecule has 1 atom stereocenters. The Morgan fingerprint density at radius 2 is 1.77 bits per heavy atom. The summed E-state index contributed by atoms with van der Waals surface area (Å²) in [6.07, 6.45) is 2.11. The van der Waals surface area contributed by atoms with E-state index in [2.05, 4.69) is 5.32 Å². The molecule has 0 bridgehead atoms. The number of carbonyl (C=O) groups is 1. The number of hydrogen-bond acceptors (Lipinski definition) is 3. The summed E-state index contributed by atoms with van der Waals surface area (Å²) in [4.78, 5) is 24.0. The summed E-state index contributed by atoms with van der Waals surface area (Å²) in [5.74, 6) is -0.579. The summed E-state index contributed by atoms with van der Waals surface area (Å²) in [7, 11) is 0. The van der Waals surface area contributed by atoms with Crippen molar-refractivity contribution in [2.45, 2.75) is 32.7 Å². The average Bonchev–Trinajstić information content (AvgIpc) is 3.19. The van der Waals surface area contributed by atoms with E-state index in [9.17, 15) is 19.3 Å². The lowest BCUT2D eigenvalue weighted by Crippen LogP contribution is -2.28. The fraction of sp³-hybridized carbons (Fsp3) is 0.250. The number of rotatable bonds is 9. The van der Waals surface area contributed by atoms with E-state index in [1.807, 2.05) is 54.9 Å². The number of nitrogens with zero attached hydrogens (tertiary/aromatic N) is 2. The summed E-state index contributed by atoms with van der Waals surface area (Å²) in [6.45, 7) is 5.17. The van der Waals surface area contributed by atoms with Crippen molar-refractivity contribution >= 4 is 22.5 Å². The Morgan fingerprint density at radius 3 is 2.43 bits per heavy atom. The number of nitro groups is 1. The van der Waals surface area contributed by atoms with Crippen molar-refractivity contribution in [2.24, 2.45) is 5.92 Å². The van der Waals surface area contributed by atoms with Crippen LogP contribution in [0.15, 0.2) is 79.0 Å². The molecule has 1 unspecified atom stereocenters. The lowest BCUT2D eigenvalue weighted by Gasteiger charge is -2.18. The third kappa shape index (κ3) is 5.74. The topological polar surface area (TPSA) is 77.2 Å². The maximum atomic E-state index is 13.7. The minimum atomic E-state index is -0.417. The van der Waals surface area contributed by atoms with Crippen LogP contribution >= 0.6 is 0 Å². The summed E-state index contributed by atoms with van der Waals surface area (Å²) >= 11 is 0. The van der Waals surface area contributed by atoms with E-state index < -0.39 is 10.8 Å². The minimum absolute atomic E-state index is 0.0154. The standard InChI is InChI=1S/C28H28FN3O3/c1-19(2)16-30-28(33)15-24(21-8-10-22(29)11-9-21)26-18-31(17-20-6-4-3-5-7-20)27-13-12-23(32(34)35)14-25(26)27/h3-14,18-19,24H,15-17H2,1-2H3,(H,30,33). The zero-order valence-corrected chi connectivity index (χ0v) is 19.8. The molecule has 0 saturated carbocycles. The lowest BCUT2D eigenvalue weighted by molar-refractivity contribution is -0.384. The third-order valence-corrected chi connectivity index (χ3v) is 6.05. The van der Waals surface area contributed by atoms with E-state index >= 15 is 0 Å². The first kappa shape index (κ1) is 24.1. The van der Waals surface area contributed by atoms with Crippen molar-refractivity contribution in [2.75, 3.05) is 6.54 Å². The third-order valence-electron chi connectivity index (χ3n) is 6.05. The highest BCUT2D eigenvalue weighted by molar-refractivity contribution is 5.88. The Labute approximate surface area is 203 Å². The zero-order chi connectivity index (χ0) is 24.9. The number of non-ortho nitro benzene ring substituents is 1. The van der Waals surface area contributed by atoms with Gasteiger partial charge in [-0.3, -0.25) is 14.9 Å². The van der Waals surface area contributed by atoms with Crippen LogP contribution in [0.2, 0.25) is 0 Å². The maximum Gasteiger partial charge on any atom is 0.270 e. The van der Waals surface area contributed by atoms with Crippen LogP contribution in [0.4, 0.5) is 10.1 Å². The van der Waals surface area contributed by atoms with Gasteiger partial charge in [0.15, 0.2) is 0 Å². The van der Waals surface area contributed by atoms with Gasteiger partial charge in [-0.05, 0) is 40.8 Å². The second-order valence-corrected chi connectivity index (χ2v) is 9.16. The predicted octanol–water partition coefficient (Wildman–Crippen LogP) is 6.03. The molecule has 180 valence electrons. The number of fused-ring (bicyclic) bond motifs is 1. The van der Waals surface area contributed by atoms with Crippen LogP contribution in [-0.2, 0) is 11.3 Å². The van der Waals surface area contributed by atoms with Crippen molar-refractivity contribution in [1.29, 1.82) is 0 Å². The largest absolute Gasteiger partial charge is 0.356 e. The van der Waals surface area contributed by atoms with Gasteiger partial charge in [-0.1, -0.05) is 56.3 Å². The molecule has 1 N–H and O–H groups in total. The van der Waals surface area contributed by atoms with Gasteiger partial charge in [-0.25, -0.2) is 4.39 Å². The maximum absolute atomic E-state index is 13.7. The summed E-state index contributed by atoms with van der Waals surface area (Å²) in [6, 6.07) is 20.8. The molecule has 0 aliphatic heterocycles. The molecule has 1 amide bonds. The molecular formula is C28H28FN3O3. The molecule has 7 heteroatoms. The highest BCUT2D eigenvalue weighted by Crippen LogP contribution is 2.37. The molecule has 35 heavy (non-hydrogen) atoms. The van der Waals surface area contributed by atoms with Crippen molar-refractivity contribution in [3.8, 4) is 0 Å². The van der Waals surface area contributed by atoms with Crippen molar-refractivity contribution in [1.82, 2.24) is 9.88 Å². The molecule has 0 aliphatic rings. The number of benzene rings is 3. The number of aromatic nitrogens is 1. The van der Waals surface area contributed by atoms with Crippen molar-refractivity contribution < 1.29 is 14.1 Å². The fourth-order valence-corrected chi connectivity index (χ4v) is 4.29. The first-order chi connectivity index (χ1) is 16.8. The van der Waals surface area contributed by atoms with Crippen LogP contribution in [0.5, 0.6) is 0 Å². The fourth-order valence-electron chi connectivity index (χ4n) is 4.29. The van der Waals surface area contributed by atoms with Gasteiger partial charge in [0.2, 0.25) is 5.91 Å². The second-order valence-electron chi connectivity index (χ2n) is 9.16. The summed E-state index contributed by atoms with van der Waals surface area (Å²) < 4.78 is 15.8. The Hall–Kier alpha value is -4.00. The first-order valence-electron chi connectivity index (χ1n) is 11.6. The van der Waals surface area contributed by atoms with Crippen LogP contribution in [0, 0.1) is 21.8 Å². The number of nitrogens with one attached hydrogen (secondary N) is 1. The molecular weight excluding hydrogens is 445 g/mol. The van der Waals surface area contributed by atoms with Gasteiger partial charge in [0.25, 0.3) is 5.69 Å². The highest BCUT2D eigenvalue weighted by Gasteiger charge is 2.24. The summed E-state index contributed by atoms with van der Waals surface area (Å²) in [5, 5.41) is 15.2. The van der Waals surface area contributed by atoms with E-state index in [1.165, 1.54) is 18.2 Å². The van der Waals surface area contributed by atoms with E-state index in [-0.39, 0.29) is 23.8 Å². The highest BCUT2D eigenvalue weighted by atomic mass is 19.1. The summed E-state index contributed by atoms with van der Waals surface area (Å²) in [5.41, 5.74) is 3.48. The smallest absolute Gasteiger partial charge is 0.270 e. The van der Waals surface area contributed by atoms with Crippen LogP contribution in [0.1, 0.15) is 42.9 Å². The van der Waals surface area contributed by atoms with E-state index in [4.69, 9.17) is 0 Å². The van der Waals surface area contributed by atoms with Gasteiger partial charge in [-0.2, -0.15) is 0 Å². The molecule has 0 radical (unpaired) electrons. The number of amides is 1. The molecule has 0 saturated heterocycles. The van der Waals surface area contributed by atoms with Gasteiger partial charge in [0, 0.05) is 54.7 Å². The Kier molecular flexibility index (Phi) is 7.25. The molecule has 1 heterocycles. The van der Waals surface area contributed by atoms with Crippen LogP contribution in [-0.4, -0.2) is 21.9 Å². The molecule has 3 aromatic carbocycles. The Morgan fingerprint density at radius 1 is 1.06 bits per heavy atom. The Bertz CT molecular complexity index is 1330. The predicted molar refractivity (Wildman–Crippen MR) is 135 cm³/mol. The molecule has 1 aromatic heterocycles. The SMILES string of the molecule is CC(C)CNC(=O)CC(c1ccc(F)cc1)c1cn(Cc2ccccc2)c2ccc([N+](=O)[O-])cc12. The van der Waals surface area contributed by atoms with Gasteiger partial charge >= 0.3 is 0 Å². The van der Waals surface area contributed by atoms with Crippen molar-refractivity contribution in [3.63, 3.8) is 0 Å². The molecule has 6 nitrogen and oxygen atoms in total.